The fourth-order valence-electron chi connectivity index (χ4n) is 3.36. The highest BCUT2D eigenvalue weighted by Gasteiger charge is 2.21. The topological polar surface area (TPSA) is 50.4 Å². The third kappa shape index (κ3) is 6.25. The van der Waals surface area contributed by atoms with Gasteiger partial charge in [-0.05, 0) is 70.5 Å². The van der Waals surface area contributed by atoms with Crippen LogP contribution in [0.25, 0.3) is 0 Å². The average Bonchev–Trinajstić information content (AvgIpc) is 2.53. The van der Waals surface area contributed by atoms with Crippen molar-refractivity contribution >= 4 is 5.97 Å². The molecule has 0 amide bonds. The second-order valence-electron chi connectivity index (χ2n) is 7.77. The minimum Gasteiger partial charge on any atom is -0.459 e. The standard InChI is InChI=1S/C20H32N2O2/c1-20(2,3)24-19(23)14-22-13-15-6-5-7-17(12-15)16-8-10-18(21-4)11-9-16/h5-7,12,16,18,21-22H,8-11,13-14H2,1-4H3/t16-,18-. The maximum Gasteiger partial charge on any atom is 0.320 e. The highest BCUT2D eigenvalue weighted by molar-refractivity contribution is 5.72. The van der Waals surface area contributed by atoms with Crippen LogP contribution in [0.3, 0.4) is 0 Å². The molecule has 0 aromatic heterocycles. The molecule has 4 heteroatoms. The van der Waals surface area contributed by atoms with E-state index < -0.39 is 5.60 Å². The molecular weight excluding hydrogens is 300 g/mol. The van der Waals surface area contributed by atoms with Crippen molar-refractivity contribution in [1.29, 1.82) is 0 Å². The van der Waals surface area contributed by atoms with Gasteiger partial charge in [-0.25, -0.2) is 0 Å². The van der Waals surface area contributed by atoms with Gasteiger partial charge in [0.25, 0.3) is 0 Å². The average molecular weight is 332 g/mol. The van der Waals surface area contributed by atoms with E-state index in [1.165, 1.54) is 36.8 Å². The van der Waals surface area contributed by atoms with Crippen molar-refractivity contribution in [1.82, 2.24) is 10.6 Å². The second kappa shape index (κ2) is 8.63. The number of carbonyl (C=O) groups excluding carboxylic acids is 1. The minimum atomic E-state index is -0.426. The highest BCUT2D eigenvalue weighted by atomic mass is 16.6. The smallest absolute Gasteiger partial charge is 0.320 e. The molecule has 0 bridgehead atoms. The summed E-state index contributed by atoms with van der Waals surface area (Å²) < 4.78 is 5.31. The van der Waals surface area contributed by atoms with Crippen molar-refractivity contribution in [2.75, 3.05) is 13.6 Å². The van der Waals surface area contributed by atoms with Gasteiger partial charge in [-0.1, -0.05) is 24.3 Å². The van der Waals surface area contributed by atoms with Gasteiger partial charge in [0, 0.05) is 12.6 Å². The van der Waals surface area contributed by atoms with Crippen molar-refractivity contribution in [3.8, 4) is 0 Å². The van der Waals surface area contributed by atoms with Crippen molar-refractivity contribution in [2.45, 2.75) is 70.6 Å². The van der Waals surface area contributed by atoms with Crippen LogP contribution < -0.4 is 10.6 Å². The normalized spacial score (nSPS) is 21.5. The van der Waals surface area contributed by atoms with E-state index in [1.807, 2.05) is 20.8 Å². The lowest BCUT2D eigenvalue weighted by atomic mass is 9.81. The van der Waals surface area contributed by atoms with Crippen molar-refractivity contribution in [3.63, 3.8) is 0 Å². The summed E-state index contributed by atoms with van der Waals surface area (Å²) in [4.78, 5) is 11.7. The van der Waals surface area contributed by atoms with Crippen LogP contribution in [-0.4, -0.2) is 31.2 Å². The Kier molecular flexibility index (Phi) is 6.81. The second-order valence-corrected chi connectivity index (χ2v) is 7.77. The maximum atomic E-state index is 11.7. The summed E-state index contributed by atoms with van der Waals surface area (Å²) in [6.45, 7) is 6.60. The number of rotatable bonds is 6. The predicted octanol–water partition coefficient (Wildman–Crippen LogP) is 3.36. The van der Waals surface area contributed by atoms with E-state index >= 15 is 0 Å². The summed E-state index contributed by atoms with van der Waals surface area (Å²) in [6.07, 6.45) is 5.01. The molecule has 0 unspecified atom stereocenters. The lowest BCUT2D eigenvalue weighted by molar-refractivity contribution is -0.153. The van der Waals surface area contributed by atoms with Gasteiger partial charge in [-0.2, -0.15) is 0 Å². The summed E-state index contributed by atoms with van der Waals surface area (Å²) in [6, 6.07) is 9.45. The molecule has 2 rings (SSSR count). The zero-order chi connectivity index (χ0) is 17.6. The van der Waals surface area contributed by atoms with Crippen molar-refractivity contribution < 1.29 is 9.53 Å². The first kappa shape index (κ1) is 18.9. The highest BCUT2D eigenvalue weighted by Crippen LogP contribution is 2.33. The largest absolute Gasteiger partial charge is 0.459 e. The predicted molar refractivity (Wildman–Crippen MR) is 98.1 cm³/mol. The van der Waals surface area contributed by atoms with Gasteiger partial charge in [0.1, 0.15) is 5.60 Å². The van der Waals surface area contributed by atoms with Crippen LogP contribution in [0.4, 0.5) is 0 Å². The Bertz CT molecular complexity index is 529. The van der Waals surface area contributed by atoms with Gasteiger partial charge in [0.05, 0.1) is 6.54 Å². The zero-order valence-electron chi connectivity index (χ0n) is 15.5. The van der Waals surface area contributed by atoms with Crippen LogP contribution >= 0.6 is 0 Å². The van der Waals surface area contributed by atoms with Gasteiger partial charge < -0.3 is 15.4 Å². The molecule has 1 fully saturated rings. The Hall–Kier alpha value is -1.39. The Morgan fingerprint density at radius 2 is 1.92 bits per heavy atom. The van der Waals surface area contributed by atoms with Crippen LogP contribution in [0.15, 0.2) is 24.3 Å². The van der Waals surface area contributed by atoms with Gasteiger partial charge in [0.2, 0.25) is 0 Å². The summed E-state index contributed by atoms with van der Waals surface area (Å²) in [5, 5.41) is 6.57. The molecule has 1 aromatic rings. The third-order valence-electron chi connectivity index (χ3n) is 4.58. The summed E-state index contributed by atoms with van der Waals surface area (Å²) >= 11 is 0. The maximum absolute atomic E-state index is 11.7. The van der Waals surface area contributed by atoms with Crippen LogP contribution in [0.5, 0.6) is 0 Å². The van der Waals surface area contributed by atoms with Crippen LogP contribution in [-0.2, 0) is 16.1 Å². The fraction of sp³-hybridized carbons (Fsp3) is 0.650. The first-order chi connectivity index (χ1) is 11.4. The van der Waals surface area contributed by atoms with Gasteiger partial charge in [-0.15, -0.1) is 0 Å². The molecule has 0 radical (unpaired) electrons. The SMILES string of the molecule is CN[C@H]1CC[C@H](c2cccc(CNCC(=O)OC(C)(C)C)c2)CC1. The molecule has 24 heavy (non-hydrogen) atoms. The Morgan fingerprint density at radius 1 is 1.21 bits per heavy atom. The molecule has 1 aliphatic carbocycles. The van der Waals surface area contributed by atoms with Crippen LogP contribution in [0, 0.1) is 0 Å². The first-order valence-corrected chi connectivity index (χ1v) is 9.06. The Balaban J connectivity index is 1.82. The lowest BCUT2D eigenvalue weighted by Gasteiger charge is -2.28. The van der Waals surface area contributed by atoms with E-state index in [0.717, 1.165) is 0 Å². The van der Waals surface area contributed by atoms with E-state index in [1.54, 1.807) is 0 Å². The van der Waals surface area contributed by atoms with Gasteiger partial charge in [-0.3, -0.25) is 4.79 Å². The van der Waals surface area contributed by atoms with E-state index in [9.17, 15) is 4.79 Å². The van der Waals surface area contributed by atoms with E-state index in [0.29, 0.717) is 18.5 Å². The zero-order valence-corrected chi connectivity index (χ0v) is 15.5. The molecule has 1 aliphatic rings. The molecule has 0 saturated heterocycles. The molecule has 2 N–H and O–H groups in total. The molecule has 1 saturated carbocycles. The minimum absolute atomic E-state index is 0.205. The molecule has 0 spiro atoms. The molecular formula is C20H32N2O2. The third-order valence-corrected chi connectivity index (χ3v) is 4.58. The van der Waals surface area contributed by atoms with Crippen LogP contribution in [0.1, 0.15) is 63.5 Å². The number of hydrogen-bond acceptors (Lipinski definition) is 4. The summed E-state index contributed by atoms with van der Waals surface area (Å²) in [5.41, 5.74) is 2.23. The monoisotopic (exact) mass is 332 g/mol. The quantitative estimate of drug-likeness (QED) is 0.784. The number of esters is 1. The molecule has 134 valence electrons. The van der Waals surface area contributed by atoms with Crippen molar-refractivity contribution in [3.05, 3.63) is 35.4 Å². The number of nitrogens with one attached hydrogen (secondary N) is 2. The molecule has 4 nitrogen and oxygen atoms in total. The molecule has 0 atom stereocenters. The molecule has 1 aromatic carbocycles. The lowest BCUT2D eigenvalue weighted by Crippen LogP contribution is -2.31. The van der Waals surface area contributed by atoms with E-state index in [-0.39, 0.29) is 12.5 Å². The van der Waals surface area contributed by atoms with Crippen molar-refractivity contribution in [2.24, 2.45) is 0 Å². The van der Waals surface area contributed by atoms with E-state index in [2.05, 4.69) is 41.9 Å². The van der Waals surface area contributed by atoms with E-state index in [4.69, 9.17) is 4.74 Å². The number of benzene rings is 1. The summed E-state index contributed by atoms with van der Waals surface area (Å²) in [5.74, 6) is 0.462. The fourth-order valence-corrected chi connectivity index (χ4v) is 3.36. The molecule has 0 heterocycles. The summed E-state index contributed by atoms with van der Waals surface area (Å²) in [7, 11) is 2.06. The van der Waals surface area contributed by atoms with Crippen LogP contribution in [0.2, 0.25) is 0 Å². The number of carbonyl (C=O) groups is 1. The number of hydrogen-bond donors (Lipinski definition) is 2. The Labute approximate surface area is 146 Å². The first-order valence-electron chi connectivity index (χ1n) is 9.06. The Morgan fingerprint density at radius 3 is 2.54 bits per heavy atom. The molecule has 0 aliphatic heterocycles. The number of ether oxygens (including phenoxy) is 1. The van der Waals surface area contributed by atoms with Gasteiger partial charge in [0.15, 0.2) is 0 Å². The van der Waals surface area contributed by atoms with Gasteiger partial charge >= 0.3 is 5.97 Å².